The summed E-state index contributed by atoms with van der Waals surface area (Å²) in [4.78, 5) is 5.92. The normalized spacial score (nSPS) is 32.8. The van der Waals surface area contributed by atoms with Gasteiger partial charge in [0.1, 0.15) is 35.6 Å². The van der Waals surface area contributed by atoms with E-state index in [9.17, 15) is 28.5 Å². The fourth-order valence-corrected chi connectivity index (χ4v) is 6.26. The number of methoxy groups -OCH3 is 1. The highest BCUT2D eigenvalue weighted by Gasteiger charge is 2.50. The Morgan fingerprint density at radius 3 is 2.52 bits per heavy atom. The zero-order chi connectivity index (χ0) is 28.8. The zero-order valence-corrected chi connectivity index (χ0v) is 22.6. The van der Waals surface area contributed by atoms with E-state index in [2.05, 4.69) is 15.5 Å². The SMILES string of the molecule is COC1C(CC2=NOC3(CCC(C(C)(C)O)CC3)C2)OC(CO)C(O)C1n1cc(-c2ccc(F)c(F)c2F)nn1. The lowest BCUT2D eigenvalue weighted by atomic mass is 9.71. The number of hydrogen-bond donors (Lipinski definition) is 3. The second-order valence-electron chi connectivity index (χ2n) is 11.6. The molecule has 1 aromatic heterocycles. The Bertz CT molecular complexity index is 1240. The molecule has 220 valence electrons. The van der Waals surface area contributed by atoms with Crippen molar-refractivity contribution in [2.24, 2.45) is 11.1 Å². The van der Waals surface area contributed by atoms with Crippen LogP contribution in [0.1, 0.15) is 58.4 Å². The van der Waals surface area contributed by atoms with E-state index in [1.165, 1.54) is 18.0 Å². The Hall–Kier alpha value is -2.58. The average molecular weight is 569 g/mol. The standard InChI is InChI=1S/C27H35F3N4O6/c1-26(2,37)14-6-8-27(9-7-14)11-15(32-40-27)10-19-25(38-3)23(24(36)20(13-35)39-19)34-12-18(31-33-34)16-4-5-17(28)22(30)21(16)29/h4-5,12,14,19-20,23-25,35-37H,6-11,13H2,1-3H3. The second kappa shape index (κ2) is 11.0. The summed E-state index contributed by atoms with van der Waals surface area (Å²) in [5, 5.41) is 43.7. The van der Waals surface area contributed by atoms with Crippen LogP contribution in [-0.4, -0.2) is 85.4 Å². The van der Waals surface area contributed by atoms with Crippen molar-refractivity contribution in [1.82, 2.24) is 15.0 Å². The molecule has 40 heavy (non-hydrogen) atoms. The summed E-state index contributed by atoms with van der Waals surface area (Å²) in [5.41, 5.74) is -0.793. The van der Waals surface area contributed by atoms with Gasteiger partial charge in [0.05, 0.1) is 30.2 Å². The number of hydrogen-bond acceptors (Lipinski definition) is 9. The Kier molecular flexibility index (Phi) is 7.96. The summed E-state index contributed by atoms with van der Waals surface area (Å²) in [6, 6.07) is 0.938. The van der Waals surface area contributed by atoms with E-state index in [0.29, 0.717) is 12.8 Å². The minimum atomic E-state index is -1.63. The average Bonchev–Trinajstić information content (AvgIpc) is 3.55. The second-order valence-corrected chi connectivity index (χ2v) is 11.6. The van der Waals surface area contributed by atoms with E-state index in [1.54, 1.807) is 0 Å². The molecular formula is C27H35F3N4O6. The van der Waals surface area contributed by atoms with Crippen LogP contribution in [0.25, 0.3) is 11.3 Å². The highest BCUT2D eigenvalue weighted by atomic mass is 19.2. The van der Waals surface area contributed by atoms with Gasteiger partial charge in [0.15, 0.2) is 17.5 Å². The summed E-state index contributed by atoms with van der Waals surface area (Å²) < 4.78 is 54.7. The molecule has 1 aromatic carbocycles. The van der Waals surface area contributed by atoms with E-state index >= 15 is 0 Å². The molecule has 1 spiro atoms. The number of oxime groups is 1. The molecule has 1 aliphatic carbocycles. The predicted molar refractivity (Wildman–Crippen MR) is 136 cm³/mol. The monoisotopic (exact) mass is 568 g/mol. The summed E-state index contributed by atoms with van der Waals surface area (Å²) in [5.74, 6) is -4.17. The maximum Gasteiger partial charge on any atom is 0.195 e. The van der Waals surface area contributed by atoms with Crippen molar-refractivity contribution in [3.63, 3.8) is 0 Å². The quantitative estimate of drug-likeness (QED) is 0.435. The Balaban J connectivity index is 1.34. The summed E-state index contributed by atoms with van der Waals surface area (Å²) in [7, 11) is 1.44. The van der Waals surface area contributed by atoms with Gasteiger partial charge in [0.25, 0.3) is 0 Å². The Morgan fingerprint density at radius 2 is 1.88 bits per heavy atom. The molecule has 3 aliphatic rings. The van der Waals surface area contributed by atoms with Crippen molar-refractivity contribution in [3.05, 3.63) is 35.8 Å². The molecule has 2 fully saturated rings. The third kappa shape index (κ3) is 5.37. The Labute approximate surface area is 229 Å². The van der Waals surface area contributed by atoms with Gasteiger partial charge in [-0.15, -0.1) is 5.10 Å². The highest BCUT2D eigenvalue weighted by Crippen LogP contribution is 2.45. The number of aliphatic hydroxyl groups excluding tert-OH is 2. The summed E-state index contributed by atoms with van der Waals surface area (Å²) >= 11 is 0. The zero-order valence-electron chi connectivity index (χ0n) is 22.6. The molecule has 0 radical (unpaired) electrons. The molecule has 3 heterocycles. The van der Waals surface area contributed by atoms with Gasteiger partial charge < -0.3 is 29.6 Å². The van der Waals surface area contributed by atoms with Gasteiger partial charge in [-0.1, -0.05) is 10.4 Å². The largest absolute Gasteiger partial charge is 0.394 e. The molecule has 13 heteroatoms. The molecule has 5 rings (SSSR count). The first kappa shape index (κ1) is 28.9. The maximum absolute atomic E-state index is 14.4. The first-order chi connectivity index (χ1) is 19.0. The topological polar surface area (TPSA) is 131 Å². The maximum atomic E-state index is 14.4. The molecule has 10 nitrogen and oxygen atoms in total. The van der Waals surface area contributed by atoms with Gasteiger partial charge in [-0.2, -0.15) is 0 Å². The lowest BCUT2D eigenvalue weighted by Gasteiger charge is -2.43. The van der Waals surface area contributed by atoms with Gasteiger partial charge in [-0.05, 0) is 57.6 Å². The highest BCUT2D eigenvalue weighted by molar-refractivity contribution is 5.86. The van der Waals surface area contributed by atoms with Crippen molar-refractivity contribution in [1.29, 1.82) is 0 Å². The van der Waals surface area contributed by atoms with Crippen LogP contribution >= 0.6 is 0 Å². The van der Waals surface area contributed by atoms with E-state index in [-0.39, 0.29) is 17.2 Å². The van der Waals surface area contributed by atoms with Crippen molar-refractivity contribution < 1.29 is 42.8 Å². The number of halogens is 3. The van der Waals surface area contributed by atoms with Crippen LogP contribution in [0.15, 0.2) is 23.5 Å². The van der Waals surface area contributed by atoms with Crippen molar-refractivity contribution >= 4 is 5.71 Å². The molecule has 0 bridgehead atoms. The van der Waals surface area contributed by atoms with Crippen LogP contribution in [-0.2, 0) is 14.3 Å². The fourth-order valence-electron chi connectivity index (χ4n) is 6.26. The first-order valence-electron chi connectivity index (χ1n) is 13.5. The molecule has 5 unspecified atom stereocenters. The minimum absolute atomic E-state index is 0.0702. The Morgan fingerprint density at radius 1 is 1.15 bits per heavy atom. The van der Waals surface area contributed by atoms with Crippen molar-refractivity contribution in [3.8, 4) is 11.3 Å². The molecule has 0 amide bonds. The van der Waals surface area contributed by atoms with Crippen LogP contribution in [0.3, 0.4) is 0 Å². The molecule has 3 N–H and O–H groups in total. The van der Waals surface area contributed by atoms with E-state index in [1.807, 2.05) is 13.8 Å². The number of aliphatic hydroxyl groups is 3. The molecular weight excluding hydrogens is 533 g/mol. The van der Waals surface area contributed by atoms with E-state index in [0.717, 1.165) is 43.5 Å². The van der Waals surface area contributed by atoms with Crippen LogP contribution in [0.2, 0.25) is 0 Å². The molecule has 1 saturated carbocycles. The third-order valence-electron chi connectivity index (χ3n) is 8.59. The number of rotatable bonds is 7. The fraction of sp³-hybridized carbons (Fsp3) is 0.667. The van der Waals surface area contributed by atoms with Gasteiger partial charge in [-0.3, -0.25) is 0 Å². The van der Waals surface area contributed by atoms with Crippen LogP contribution in [0.5, 0.6) is 0 Å². The van der Waals surface area contributed by atoms with Gasteiger partial charge >= 0.3 is 0 Å². The van der Waals surface area contributed by atoms with Gasteiger partial charge in [0.2, 0.25) is 0 Å². The number of nitrogens with zero attached hydrogens (tertiary/aromatic N) is 4. The third-order valence-corrected chi connectivity index (χ3v) is 8.59. The molecule has 5 atom stereocenters. The number of ether oxygens (including phenoxy) is 2. The number of aromatic nitrogens is 3. The van der Waals surface area contributed by atoms with E-state index < -0.39 is 65.7 Å². The van der Waals surface area contributed by atoms with Crippen molar-refractivity contribution in [2.75, 3.05) is 13.7 Å². The van der Waals surface area contributed by atoms with Crippen LogP contribution in [0.4, 0.5) is 13.2 Å². The minimum Gasteiger partial charge on any atom is -0.394 e. The van der Waals surface area contributed by atoms with Gasteiger partial charge in [-0.25, -0.2) is 17.9 Å². The lowest BCUT2D eigenvalue weighted by Crippen LogP contribution is -2.57. The molecule has 2 aliphatic heterocycles. The van der Waals surface area contributed by atoms with Crippen LogP contribution < -0.4 is 0 Å². The van der Waals surface area contributed by atoms with E-state index in [4.69, 9.17) is 14.3 Å². The first-order valence-corrected chi connectivity index (χ1v) is 13.5. The van der Waals surface area contributed by atoms with Crippen LogP contribution in [0, 0.1) is 23.4 Å². The molecule has 2 aromatic rings. The number of benzene rings is 1. The van der Waals surface area contributed by atoms with Crippen molar-refractivity contribution in [2.45, 2.75) is 94.0 Å². The summed E-state index contributed by atoms with van der Waals surface area (Å²) in [6.07, 6.45) is 1.64. The van der Waals surface area contributed by atoms with Gasteiger partial charge in [0, 0.05) is 25.5 Å². The lowest BCUT2D eigenvalue weighted by molar-refractivity contribution is -0.210. The smallest absolute Gasteiger partial charge is 0.195 e. The predicted octanol–water partition coefficient (Wildman–Crippen LogP) is 2.91. The summed E-state index contributed by atoms with van der Waals surface area (Å²) in [6.45, 7) is 3.16. The molecule has 1 saturated heterocycles.